The topological polar surface area (TPSA) is 114 Å². The van der Waals surface area contributed by atoms with Gasteiger partial charge in [-0.1, -0.05) is 42.5 Å². The Labute approximate surface area is 190 Å². The molecule has 0 aliphatic heterocycles. The van der Waals surface area contributed by atoms with Gasteiger partial charge in [0.15, 0.2) is 0 Å². The molecule has 2 N–H and O–H groups in total. The molecule has 2 amide bonds. The molecule has 0 aliphatic rings. The minimum absolute atomic E-state index is 0.121. The van der Waals surface area contributed by atoms with Crippen LogP contribution in [0, 0.1) is 0 Å². The molecule has 0 saturated heterocycles. The zero-order valence-electron chi connectivity index (χ0n) is 17.8. The van der Waals surface area contributed by atoms with Crippen LogP contribution in [0.5, 0.6) is 0 Å². The summed E-state index contributed by atoms with van der Waals surface area (Å²) in [5, 5.41) is 18.1. The van der Waals surface area contributed by atoms with Crippen LogP contribution < -0.4 is 10.7 Å². The van der Waals surface area contributed by atoms with Gasteiger partial charge in [-0.3, -0.25) is 9.59 Å². The molecule has 164 valence electrons. The van der Waals surface area contributed by atoms with E-state index >= 15 is 0 Å². The minimum Gasteiger partial charge on any atom is -0.326 e. The maximum atomic E-state index is 12.4. The van der Waals surface area contributed by atoms with E-state index in [0.29, 0.717) is 17.0 Å². The molecule has 9 nitrogen and oxygen atoms in total. The Morgan fingerprint density at radius 1 is 0.909 bits per heavy atom. The summed E-state index contributed by atoms with van der Waals surface area (Å²) in [6, 6.07) is 23.6. The first-order valence-corrected chi connectivity index (χ1v) is 10.2. The molecule has 0 spiro atoms. The molecule has 0 saturated carbocycles. The van der Waals surface area contributed by atoms with Crippen molar-refractivity contribution in [1.29, 1.82) is 0 Å². The maximum absolute atomic E-state index is 12.4. The van der Waals surface area contributed by atoms with Crippen LogP contribution in [0.3, 0.4) is 0 Å². The number of hydrazone groups is 1. The van der Waals surface area contributed by atoms with Crippen molar-refractivity contribution >= 4 is 23.2 Å². The molecule has 0 radical (unpaired) electrons. The SMILES string of the molecule is C/C(=N\NC(=O)c1ccc(NC(=O)Cc2ccccc2)cc1)c1ccc(-n2cnnn2)cc1. The average Bonchev–Trinajstić information content (AvgIpc) is 3.38. The second-order valence-electron chi connectivity index (χ2n) is 7.23. The van der Waals surface area contributed by atoms with E-state index in [9.17, 15) is 9.59 Å². The Kier molecular flexibility index (Phi) is 6.60. The van der Waals surface area contributed by atoms with Crippen LogP contribution in [0.15, 0.2) is 90.3 Å². The highest BCUT2D eigenvalue weighted by atomic mass is 16.2. The van der Waals surface area contributed by atoms with E-state index in [1.807, 2.05) is 54.6 Å². The van der Waals surface area contributed by atoms with E-state index in [2.05, 4.69) is 31.4 Å². The van der Waals surface area contributed by atoms with Crippen molar-refractivity contribution in [2.24, 2.45) is 5.10 Å². The molecule has 9 heteroatoms. The van der Waals surface area contributed by atoms with E-state index in [1.54, 1.807) is 35.9 Å². The van der Waals surface area contributed by atoms with Gasteiger partial charge in [-0.2, -0.15) is 5.10 Å². The van der Waals surface area contributed by atoms with E-state index < -0.39 is 0 Å². The van der Waals surface area contributed by atoms with E-state index in [0.717, 1.165) is 16.8 Å². The van der Waals surface area contributed by atoms with Crippen molar-refractivity contribution in [3.8, 4) is 5.69 Å². The molecule has 3 aromatic carbocycles. The van der Waals surface area contributed by atoms with Gasteiger partial charge in [0.25, 0.3) is 5.91 Å². The van der Waals surface area contributed by atoms with Crippen molar-refractivity contribution in [1.82, 2.24) is 25.6 Å². The summed E-state index contributed by atoms with van der Waals surface area (Å²) in [4.78, 5) is 24.6. The first kappa shape index (κ1) is 21.6. The smallest absolute Gasteiger partial charge is 0.271 e. The van der Waals surface area contributed by atoms with Gasteiger partial charge in [0.1, 0.15) is 6.33 Å². The number of tetrazole rings is 1. The lowest BCUT2D eigenvalue weighted by atomic mass is 10.1. The largest absolute Gasteiger partial charge is 0.326 e. The molecular weight excluding hydrogens is 418 g/mol. The van der Waals surface area contributed by atoms with E-state index in [4.69, 9.17) is 0 Å². The molecule has 0 unspecified atom stereocenters. The lowest BCUT2D eigenvalue weighted by molar-refractivity contribution is -0.115. The summed E-state index contributed by atoms with van der Waals surface area (Å²) in [6.45, 7) is 1.80. The molecule has 0 fully saturated rings. The standard InChI is InChI=1S/C24H21N7O2/c1-17(19-9-13-22(14-10-19)31-16-25-29-30-31)27-28-24(33)20-7-11-21(12-8-20)26-23(32)15-18-5-3-2-4-6-18/h2-14,16H,15H2,1H3,(H,26,32)(H,28,33)/b27-17+. The number of hydrogen-bond acceptors (Lipinski definition) is 6. The number of carbonyl (C=O) groups is 2. The van der Waals surface area contributed by atoms with Crippen molar-refractivity contribution in [3.63, 3.8) is 0 Å². The van der Waals surface area contributed by atoms with Crippen LogP contribution >= 0.6 is 0 Å². The Hall–Kier alpha value is -4.66. The fourth-order valence-corrected chi connectivity index (χ4v) is 3.09. The average molecular weight is 439 g/mol. The molecule has 1 aromatic heterocycles. The normalized spacial score (nSPS) is 11.1. The second kappa shape index (κ2) is 10.1. The maximum Gasteiger partial charge on any atom is 0.271 e. The highest BCUT2D eigenvalue weighted by Gasteiger charge is 2.08. The van der Waals surface area contributed by atoms with Crippen molar-refractivity contribution in [2.45, 2.75) is 13.3 Å². The zero-order chi connectivity index (χ0) is 23.0. The molecule has 0 atom stereocenters. The first-order valence-electron chi connectivity index (χ1n) is 10.2. The third-order valence-corrected chi connectivity index (χ3v) is 4.86. The number of aromatic nitrogens is 4. The number of carbonyl (C=O) groups excluding carboxylic acids is 2. The highest BCUT2D eigenvalue weighted by Crippen LogP contribution is 2.12. The summed E-state index contributed by atoms with van der Waals surface area (Å²) in [7, 11) is 0. The Morgan fingerprint density at radius 3 is 2.27 bits per heavy atom. The van der Waals surface area contributed by atoms with E-state index in [1.165, 1.54) is 6.33 Å². The number of anilines is 1. The van der Waals surface area contributed by atoms with E-state index in [-0.39, 0.29) is 18.2 Å². The molecule has 0 bridgehead atoms. The lowest BCUT2D eigenvalue weighted by Gasteiger charge is -2.07. The quantitative estimate of drug-likeness (QED) is 0.339. The first-order chi connectivity index (χ1) is 16.1. The van der Waals surface area contributed by atoms with Crippen LogP contribution in [-0.4, -0.2) is 37.7 Å². The number of benzene rings is 3. The van der Waals surface area contributed by atoms with Crippen molar-refractivity contribution in [2.75, 3.05) is 5.32 Å². The van der Waals surface area contributed by atoms with Crippen LogP contribution in [-0.2, 0) is 11.2 Å². The number of hydrogen-bond donors (Lipinski definition) is 2. The summed E-state index contributed by atoms with van der Waals surface area (Å²) >= 11 is 0. The Balaban J connectivity index is 1.32. The van der Waals surface area contributed by atoms with Gasteiger partial charge in [-0.05, 0) is 64.9 Å². The molecule has 0 aliphatic carbocycles. The Morgan fingerprint density at radius 2 is 1.61 bits per heavy atom. The summed E-state index contributed by atoms with van der Waals surface area (Å²) in [5.41, 5.74) is 6.86. The highest BCUT2D eigenvalue weighted by molar-refractivity contribution is 6.01. The number of nitrogens with one attached hydrogen (secondary N) is 2. The van der Waals surface area contributed by atoms with Crippen LogP contribution in [0.1, 0.15) is 28.4 Å². The van der Waals surface area contributed by atoms with Gasteiger partial charge in [-0.15, -0.1) is 5.10 Å². The minimum atomic E-state index is -0.346. The van der Waals surface area contributed by atoms with Gasteiger partial charge in [0.2, 0.25) is 5.91 Å². The summed E-state index contributed by atoms with van der Waals surface area (Å²) in [5.74, 6) is -0.466. The second-order valence-corrected chi connectivity index (χ2v) is 7.23. The van der Waals surface area contributed by atoms with Gasteiger partial charge >= 0.3 is 0 Å². The van der Waals surface area contributed by atoms with Crippen molar-refractivity contribution in [3.05, 3.63) is 102 Å². The Bertz CT molecular complexity index is 1250. The number of amides is 2. The van der Waals surface area contributed by atoms with Crippen LogP contribution in [0.4, 0.5) is 5.69 Å². The molecule has 1 heterocycles. The lowest BCUT2D eigenvalue weighted by Crippen LogP contribution is -2.19. The summed E-state index contributed by atoms with van der Waals surface area (Å²) in [6.07, 6.45) is 1.80. The van der Waals surface area contributed by atoms with Gasteiger partial charge in [0.05, 0.1) is 17.8 Å². The molecule has 33 heavy (non-hydrogen) atoms. The molecule has 4 aromatic rings. The van der Waals surface area contributed by atoms with Crippen LogP contribution in [0.25, 0.3) is 5.69 Å². The number of nitrogens with zero attached hydrogens (tertiary/aromatic N) is 5. The number of rotatable bonds is 7. The third-order valence-electron chi connectivity index (χ3n) is 4.86. The predicted octanol–water partition coefficient (Wildman–Crippen LogP) is 3.00. The summed E-state index contributed by atoms with van der Waals surface area (Å²) < 4.78 is 1.55. The zero-order valence-corrected chi connectivity index (χ0v) is 17.8. The monoisotopic (exact) mass is 439 g/mol. The molecular formula is C24H21N7O2. The van der Waals surface area contributed by atoms with Crippen molar-refractivity contribution < 1.29 is 9.59 Å². The third kappa shape index (κ3) is 5.73. The fourth-order valence-electron chi connectivity index (χ4n) is 3.09. The van der Waals surface area contributed by atoms with Gasteiger partial charge < -0.3 is 5.32 Å². The van der Waals surface area contributed by atoms with Gasteiger partial charge in [-0.25, -0.2) is 10.1 Å². The van der Waals surface area contributed by atoms with Gasteiger partial charge in [0, 0.05) is 11.3 Å². The van der Waals surface area contributed by atoms with Crippen LogP contribution in [0.2, 0.25) is 0 Å². The molecule has 4 rings (SSSR count). The predicted molar refractivity (Wildman–Crippen MR) is 124 cm³/mol. The fraction of sp³-hybridized carbons (Fsp3) is 0.0833.